The standard InChI is InChI=1S/C17H13ClFN3O2S2/c1-2-6-22-16(24)11-5-7-25-15(11)21-17(22)26-9-14(23)20-13-8-10(18)3-4-12(13)19/h2-5,7-8H,1,6,9H2,(H,20,23). The van der Waals surface area contributed by atoms with Crippen molar-refractivity contribution in [3.63, 3.8) is 0 Å². The van der Waals surface area contributed by atoms with Crippen molar-refractivity contribution in [2.45, 2.75) is 11.7 Å². The predicted molar refractivity (Wildman–Crippen MR) is 105 cm³/mol. The highest BCUT2D eigenvalue weighted by Gasteiger charge is 2.14. The van der Waals surface area contributed by atoms with Crippen molar-refractivity contribution in [1.29, 1.82) is 0 Å². The average Bonchev–Trinajstić information content (AvgIpc) is 3.08. The summed E-state index contributed by atoms with van der Waals surface area (Å²) in [6, 6.07) is 5.63. The molecule has 0 aliphatic carbocycles. The fourth-order valence-corrected chi connectivity index (χ4v) is 4.03. The number of anilines is 1. The smallest absolute Gasteiger partial charge is 0.263 e. The van der Waals surface area contributed by atoms with Gasteiger partial charge in [-0.1, -0.05) is 29.4 Å². The molecule has 26 heavy (non-hydrogen) atoms. The highest BCUT2D eigenvalue weighted by atomic mass is 35.5. The van der Waals surface area contributed by atoms with E-state index in [1.54, 1.807) is 17.5 Å². The molecule has 0 saturated heterocycles. The van der Waals surface area contributed by atoms with Gasteiger partial charge in [-0.25, -0.2) is 9.37 Å². The molecule has 5 nitrogen and oxygen atoms in total. The van der Waals surface area contributed by atoms with Crippen LogP contribution in [0.4, 0.5) is 10.1 Å². The van der Waals surface area contributed by atoms with Crippen molar-refractivity contribution in [3.8, 4) is 0 Å². The molecule has 0 saturated carbocycles. The van der Waals surface area contributed by atoms with E-state index >= 15 is 0 Å². The number of nitrogens with one attached hydrogen (secondary N) is 1. The van der Waals surface area contributed by atoms with Crippen LogP contribution in [0.1, 0.15) is 0 Å². The minimum Gasteiger partial charge on any atom is -0.323 e. The number of nitrogens with zero attached hydrogens (tertiary/aromatic N) is 2. The first-order valence-corrected chi connectivity index (χ1v) is 9.70. The molecule has 1 N–H and O–H groups in total. The SMILES string of the molecule is C=CCn1c(SCC(=O)Nc2cc(Cl)ccc2F)nc2sccc2c1=O. The first-order valence-electron chi connectivity index (χ1n) is 7.46. The number of benzene rings is 1. The Labute approximate surface area is 161 Å². The number of thiophene rings is 1. The van der Waals surface area contributed by atoms with E-state index in [4.69, 9.17) is 11.6 Å². The highest BCUT2D eigenvalue weighted by Crippen LogP contribution is 2.23. The summed E-state index contributed by atoms with van der Waals surface area (Å²) in [6.45, 7) is 3.93. The van der Waals surface area contributed by atoms with Crippen molar-refractivity contribution in [1.82, 2.24) is 9.55 Å². The van der Waals surface area contributed by atoms with E-state index in [0.29, 0.717) is 20.4 Å². The Morgan fingerprint density at radius 1 is 1.46 bits per heavy atom. The van der Waals surface area contributed by atoms with E-state index in [0.717, 1.165) is 11.8 Å². The van der Waals surface area contributed by atoms with Crippen LogP contribution in [0, 0.1) is 5.82 Å². The molecule has 1 aromatic carbocycles. The average molecular weight is 410 g/mol. The number of fused-ring (bicyclic) bond motifs is 1. The Morgan fingerprint density at radius 3 is 3.04 bits per heavy atom. The summed E-state index contributed by atoms with van der Waals surface area (Å²) in [5, 5.41) is 5.52. The molecule has 134 valence electrons. The summed E-state index contributed by atoms with van der Waals surface area (Å²) in [7, 11) is 0. The Bertz CT molecular complexity index is 1050. The topological polar surface area (TPSA) is 64.0 Å². The fourth-order valence-electron chi connectivity index (χ4n) is 2.24. The zero-order valence-electron chi connectivity index (χ0n) is 13.4. The molecule has 0 spiro atoms. The van der Waals surface area contributed by atoms with Gasteiger partial charge in [-0.15, -0.1) is 17.9 Å². The fraction of sp³-hybridized carbons (Fsp3) is 0.118. The van der Waals surface area contributed by atoms with Crippen LogP contribution in [-0.2, 0) is 11.3 Å². The molecule has 0 aliphatic heterocycles. The predicted octanol–water partition coefficient (Wildman–Crippen LogP) is 4.17. The van der Waals surface area contributed by atoms with Gasteiger partial charge in [0.05, 0.1) is 16.8 Å². The number of hydrogen-bond donors (Lipinski definition) is 1. The molecule has 0 aliphatic rings. The second kappa shape index (κ2) is 8.03. The van der Waals surface area contributed by atoms with Gasteiger partial charge in [-0.3, -0.25) is 14.2 Å². The Morgan fingerprint density at radius 2 is 2.27 bits per heavy atom. The molecule has 0 radical (unpaired) electrons. The van der Waals surface area contributed by atoms with Crippen LogP contribution in [-0.4, -0.2) is 21.2 Å². The maximum atomic E-state index is 13.7. The zero-order valence-corrected chi connectivity index (χ0v) is 15.8. The Hall–Kier alpha value is -2.16. The van der Waals surface area contributed by atoms with Crippen LogP contribution in [0.15, 0.2) is 52.3 Å². The van der Waals surface area contributed by atoms with Crippen LogP contribution in [0.2, 0.25) is 5.02 Å². The van der Waals surface area contributed by atoms with Gasteiger partial charge in [-0.05, 0) is 29.6 Å². The summed E-state index contributed by atoms with van der Waals surface area (Å²) in [4.78, 5) is 29.7. The summed E-state index contributed by atoms with van der Waals surface area (Å²) >= 11 is 8.27. The van der Waals surface area contributed by atoms with Gasteiger partial charge in [0.15, 0.2) is 5.16 Å². The van der Waals surface area contributed by atoms with E-state index in [9.17, 15) is 14.0 Å². The molecule has 0 atom stereocenters. The van der Waals surface area contributed by atoms with E-state index < -0.39 is 11.7 Å². The van der Waals surface area contributed by atoms with Crippen molar-refractivity contribution < 1.29 is 9.18 Å². The van der Waals surface area contributed by atoms with Crippen molar-refractivity contribution in [2.75, 3.05) is 11.1 Å². The second-order valence-corrected chi connectivity index (χ2v) is 7.47. The highest BCUT2D eigenvalue weighted by molar-refractivity contribution is 7.99. The molecule has 0 bridgehead atoms. The van der Waals surface area contributed by atoms with Crippen LogP contribution in [0.5, 0.6) is 0 Å². The maximum absolute atomic E-state index is 13.7. The molecule has 2 aromatic heterocycles. The largest absolute Gasteiger partial charge is 0.323 e. The number of aromatic nitrogens is 2. The number of hydrogen-bond acceptors (Lipinski definition) is 5. The molecule has 2 heterocycles. The quantitative estimate of drug-likeness (QED) is 0.377. The number of carbonyl (C=O) groups is 1. The lowest BCUT2D eigenvalue weighted by Gasteiger charge is -2.10. The number of rotatable bonds is 6. The molecule has 3 rings (SSSR count). The van der Waals surface area contributed by atoms with Crippen molar-refractivity contribution in [2.24, 2.45) is 0 Å². The molecule has 0 unspecified atom stereocenters. The monoisotopic (exact) mass is 409 g/mol. The van der Waals surface area contributed by atoms with Gasteiger partial charge in [-0.2, -0.15) is 0 Å². The maximum Gasteiger partial charge on any atom is 0.263 e. The normalized spacial score (nSPS) is 10.8. The third-order valence-electron chi connectivity index (χ3n) is 3.39. The molecule has 1 amide bonds. The summed E-state index contributed by atoms with van der Waals surface area (Å²) in [6.07, 6.45) is 1.59. The molecule has 0 fully saturated rings. The minimum atomic E-state index is -0.575. The van der Waals surface area contributed by atoms with Gasteiger partial charge in [0, 0.05) is 11.6 Å². The van der Waals surface area contributed by atoms with Gasteiger partial charge in [0.2, 0.25) is 5.91 Å². The lowest BCUT2D eigenvalue weighted by molar-refractivity contribution is -0.113. The van der Waals surface area contributed by atoms with Gasteiger partial charge in [0.25, 0.3) is 5.56 Å². The lowest BCUT2D eigenvalue weighted by Crippen LogP contribution is -2.23. The van der Waals surface area contributed by atoms with Gasteiger partial charge < -0.3 is 5.32 Å². The zero-order chi connectivity index (χ0) is 18.7. The summed E-state index contributed by atoms with van der Waals surface area (Å²) < 4.78 is 15.2. The lowest BCUT2D eigenvalue weighted by atomic mass is 10.3. The third kappa shape index (κ3) is 3.98. The second-order valence-electron chi connectivity index (χ2n) is 5.20. The Kier molecular flexibility index (Phi) is 5.75. The molecular formula is C17H13ClFN3O2S2. The van der Waals surface area contributed by atoms with E-state index in [-0.39, 0.29) is 23.5 Å². The summed E-state index contributed by atoms with van der Waals surface area (Å²) in [5.74, 6) is -1.04. The van der Waals surface area contributed by atoms with Gasteiger partial charge in [0.1, 0.15) is 10.6 Å². The van der Waals surface area contributed by atoms with Crippen LogP contribution >= 0.6 is 34.7 Å². The van der Waals surface area contributed by atoms with Crippen molar-refractivity contribution >= 4 is 56.5 Å². The van der Waals surface area contributed by atoms with E-state index in [1.165, 1.54) is 34.1 Å². The van der Waals surface area contributed by atoms with Crippen LogP contribution < -0.4 is 10.9 Å². The first-order chi connectivity index (χ1) is 12.5. The summed E-state index contributed by atoms with van der Waals surface area (Å²) in [5.41, 5.74) is -0.173. The van der Waals surface area contributed by atoms with Crippen LogP contribution in [0.3, 0.4) is 0 Å². The molecular weight excluding hydrogens is 397 g/mol. The number of carbonyl (C=O) groups excluding carboxylic acids is 1. The van der Waals surface area contributed by atoms with Gasteiger partial charge >= 0.3 is 0 Å². The van der Waals surface area contributed by atoms with Crippen LogP contribution in [0.25, 0.3) is 10.2 Å². The first kappa shape index (κ1) is 18.6. The number of thioether (sulfide) groups is 1. The Balaban J connectivity index is 1.79. The van der Waals surface area contributed by atoms with E-state index in [2.05, 4.69) is 16.9 Å². The van der Waals surface area contributed by atoms with Crippen molar-refractivity contribution in [3.05, 3.63) is 63.5 Å². The third-order valence-corrected chi connectivity index (χ3v) is 5.41. The number of halogens is 2. The number of amides is 1. The molecule has 3 aromatic rings. The molecule has 9 heteroatoms. The van der Waals surface area contributed by atoms with E-state index in [1.807, 2.05) is 0 Å². The number of allylic oxidation sites excluding steroid dienone is 1. The minimum absolute atomic E-state index is 0.00764.